The molecule has 3 aromatic rings. The molecule has 0 aliphatic rings. The van der Waals surface area contributed by atoms with Gasteiger partial charge in [0.2, 0.25) is 0 Å². The number of fused-ring (bicyclic) bond motifs is 1. The Morgan fingerprint density at radius 2 is 2.20 bits per heavy atom. The van der Waals surface area contributed by atoms with Crippen LogP contribution >= 0.6 is 0 Å². The number of aromatic nitrogens is 2. The van der Waals surface area contributed by atoms with Gasteiger partial charge in [-0.05, 0) is 30.7 Å². The van der Waals surface area contributed by atoms with Crippen LogP contribution in [-0.4, -0.2) is 16.5 Å². The molecule has 0 aliphatic carbocycles. The summed E-state index contributed by atoms with van der Waals surface area (Å²) in [4.78, 5) is 4.18. The van der Waals surface area contributed by atoms with E-state index in [1.807, 2.05) is 41.9 Å². The van der Waals surface area contributed by atoms with Gasteiger partial charge >= 0.3 is 0 Å². The average Bonchev–Trinajstić information content (AvgIpc) is 2.82. The fourth-order valence-corrected chi connectivity index (χ4v) is 2.53. The summed E-state index contributed by atoms with van der Waals surface area (Å²) < 4.78 is 7.38. The van der Waals surface area contributed by atoms with Gasteiger partial charge in [-0.2, -0.15) is 5.26 Å². The topological polar surface area (TPSA) is 50.3 Å². The molecule has 98 valence electrons. The molecule has 3 aromatic heterocycles. The molecular weight excluding hydrogens is 250 g/mol. The molecule has 0 atom stereocenters. The highest BCUT2D eigenvalue weighted by molar-refractivity contribution is 5.89. The molecule has 4 nitrogen and oxygen atoms in total. The Kier molecular flexibility index (Phi) is 2.88. The zero-order valence-corrected chi connectivity index (χ0v) is 11.3. The number of hydrogen-bond acceptors (Lipinski definition) is 3. The first-order valence-electron chi connectivity index (χ1n) is 6.25. The number of pyridine rings is 2. The Balaban J connectivity index is 2.42. The van der Waals surface area contributed by atoms with Gasteiger partial charge in [-0.25, -0.2) is 0 Å². The molecule has 0 radical (unpaired) electrons. The van der Waals surface area contributed by atoms with Crippen molar-refractivity contribution < 1.29 is 4.74 Å². The van der Waals surface area contributed by atoms with Crippen molar-refractivity contribution in [2.24, 2.45) is 0 Å². The Hall–Kier alpha value is -2.80. The van der Waals surface area contributed by atoms with Gasteiger partial charge < -0.3 is 9.14 Å². The number of methoxy groups -OCH3 is 1. The van der Waals surface area contributed by atoms with E-state index in [1.54, 1.807) is 19.5 Å². The van der Waals surface area contributed by atoms with Gasteiger partial charge in [0, 0.05) is 35.9 Å². The van der Waals surface area contributed by atoms with Gasteiger partial charge in [0.1, 0.15) is 11.8 Å². The Morgan fingerprint density at radius 1 is 1.35 bits per heavy atom. The van der Waals surface area contributed by atoms with Crippen LogP contribution in [0.1, 0.15) is 11.1 Å². The summed E-state index contributed by atoms with van der Waals surface area (Å²) in [7, 11) is 1.64. The largest absolute Gasteiger partial charge is 0.496 e. The van der Waals surface area contributed by atoms with Crippen LogP contribution in [0.25, 0.3) is 16.6 Å². The molecule has 3 rings (SSSR count). The third kappa shape index (κ3) is 1.72. The zero-order chi connectivity index (χ0) is 14.1. The fourth-order valence-electron chi connectivity index (χ4n) is 2.53. The molecule has 0 aromatic carbocycles. The normalized spacial score (nSPS) is 10.4. The predicted octanol–water partition coefficient (Wildman–Crippen LogP) is 3.19. The molecule has 0 amide bonds. The molecule has 0 bridgehead atoms. The van der Waals surface area contributed by atoms with Crippen LogP contribution in [-0.2, 0) is 0 Å². The van der Waals surface area contributed by atoms with Crippen LogP contribution < -0.4 is 4.74 Å². The summed E-state index contributed by atoms with van der Waals surface area (Å²) in [5, 5.41) is 9.33. The van der Waals surface area contributed by atoms with E-state index in [1.165, 1.54) is 0 Å². The molecule has 0 N–H and O–H groups in total. The van der Waals surface area contributed by atoms with E-state index in [-0.39, 0.29) is 0 Å². The predicted molar refractivity (Wildman–Crippen MR) is 76.6 cm³/mol. The van der Waals surface area contributed by atoms with E-state index < -0.39 is 0 Å². The van der Waals surface area contributed by atoms with Gasteiger partial charge in [0.15, 0.2) is 0 Å². The smallest absolute Gasteiger partial charge is 0.129 e. The number of aryl methyl sites for hydroxylation is 1. The van der Waals surface area contributed by atoms with E-state index in [4.69, 9.17) is 4.74 Å². The van der Waals surface area contributed by atoms with Crippen molar-refractivity contribution in [2.75, 3.05) is 7.11 Å². The summed E-state index contributed by atoms with van der Waals surface area (Å²) in [6.45, 7) is 2.02. The standard InChI is InChI=1S/C16H13N3O/c1-11-10-19-7-3-4-12(8-17)16(19)15(11)13-9-18-6-5-14(13)20-2/h3-7,9-10H,1-2H3. The number of hydrogen-bond donors (Lipinski definition) is 0. The first-order chi connectivity index (χ1) is 9.76. The lowest BCUT2D eigenvalue weighted by molar-refractivity contribution is 0.416. The number of ether oxygens (including phenoxy) is 1. The molecule has 0 aliphatic heterocycles. The highest BCUT2D eigenvalue weighted by Gasteiger charge is 2.16. The first-order valence-corrected chi connectivity index (χ1v) is 6.25. The van der Waals surface area contributed by atoms with Gasteiger partial charge in [0.25, 0.3) is 0 Å². The van der Waals surface area contributed by atoms with Gasteiger partial charge in [-0.3, -0.25) is 4.98 Å². The van der Waals surface area contributed by atoms with Crippen molar-refractivity contribution in [1.29, 1.82) is 5.26 Å². The minimum atomic E-state index is 0.640. The van der Waals surface area contributed by atoms with Gasteiger partial charge in [-0.1, -0.05) is 0 Å². The lowest BCUT2D eigenvalue weighted by atomic mass is 10.0. The molecule has 0 unspecified atom stereocenters. The average molecular weight is 263 g/mol. The lowest BCUT2D eigenvalue weighted by Crippen LogP contribution is -1.91. The summed E-state index contributed by atoms with van der Waals surface area (Å²) in [5.74, 6) is 0.754. The van der Waals surface area contributed by atoms with Crippen molar-refractivity contribution >= 4 is 5.52 Å². The second kappa shape index (κ2) is 4.71. The summed E-state index contributed by atoms with van der Waals surface area (Å²) in [5.41, 5.74) is 4.50. The molecular formula is C16H13N3O. The maximum atomic E-state index is 9.33. The third-order valence-electron chi connectivity index (χ3n) is 3.38. The highest BCUT2D eigenvalue weighted by Crippen LogP contribution is 2.36. The van der Waals surface area contributed by atoms with E-state index in [0.29, 0.717) is 5.56 Å². The van der Waals surface area contributed by atoms with Crippen LogP contribution in [0.5, 0.6) is 5.75 Å². The molecule has 20 heavy (non-hydrogen) atoms. The van der Waals surface area contributed by atoms with E-state index in [9.17, 15) is 5.26 Å². The van der Waals surface area contributed by atoms with E-state index in [0.717, 1.165) is 28.0 Å². The van der Waals surface area contributed by atoms with Gasteiger partial charge in [-0.15, -0.1) is 0 Å². The van der Waals surface area contributed by atoms with Crippen molar-refractivity contribution in [1.82, 2.24) is 9.38 Å². The maximum absolute atomic E-state index is 9.33. The lowest BCUT2D eigenvalue weighted by Gasteiger charge is -2.08. The quantitative estimate of drug-likeness (QED) is 0.713. The molecule has 3 heterocycles. The maximum Gasteiger partial charge on any atom is 0.129 e. The zero-order valence-electron chi connectivity index (χ0n) is 11.3. The number of rotatable bonds is 2. The summed E-state index contributed by atoms with van der Waals surface area (Å²) >= 11 is 0. The van der Waals surface area contributed by atoms with Crippen molar-refractivity contribution in [3.8, 4) is 22.9 Å². The van der Waals surface area contributed by atoms with E-state index >= 15 is 0 Å². The second-order valence-corrected chi connectivity index (χ2v) is 4.55. The van der Waals surface area contributed by atoms with Crippen molar-refractivity contribution in [3.05, 3.63) is 54.1 Å². The molecule has 0 saturated heterocycles. The van der Waals surface area contributed by atoms with Crippen LogP contribution in [0.4, 0.5) is 0 Å². The van der Waals surface area contributed by atoms with Crippen LogP contribution in [0.2, 0.25) is 0 Å². The third-order valence-corrected chi connectivity index (χ3v) is 3.38. The molecule has 0 spiro atoms. The van der Waals surface area contributed by atoms with E-state index in [2.05, 4.69) is 11.1 Å². The van der Waals surface area contributed by atoms with Gasteiger partial charge in [0.05, 0.1) is 18.2 Å². The highest BCUT2D eigenvalue weighted by atomic mass is 16.5. The Morgan fingerprint density at radius 3 is 2.95 bits per heavy atom. The van der Waals surface area contributed by atoms with Crippen LogP contribution in [0, 0.1) is 18.3 Å². The minimum Gasteiger partial charge on any atom is -0.496 e. The van der Waals surface area contributed by atoms with Crippen LogP contribution in [0.15, 0.2) is 43.0 Å². The molecule has 0 saturated carbocycles. The number of nitriles is 1. The first kappa shape index (κ1) is 12.2. The SMILES string of the molecule is COc1ccncc1-c1c(C)cn2cccc(C#N)c12. The second-order valence-electron chi connectivity index (χ2n) is 4.55. The van der Waals surface area contributed by atoms with Crippen molar-refractivity contribution in [3.63, 3.8) is 0 Å². The summed E-state index contributed by atoms with van der Waals surface area (Å²) in [6.07, 6.45) is 7.42. The van der Waals surface area contributed by atoms with Crippen molar-refractivity contribution in [2.45, 2.75) is 6.92 Å². The Labute approximate surface area is 116 Å². The fraction of sp³-hybridized carbons (Fsp3) is 0.125. The summed E-state index contributed by atoms with van der Waals surface area (Å²) in [6, 6.07) is 7.77. The monoisotopic (exact) mass is 263 g/mol. The Bertz CT molecular complexity index is 827. The molecule has 4 heteroatoms. The van der Waals surface area contributed by atoms with Crippen LogP contribution in [0.3, 0.4) is 0 Å². The minimum absolute atomic E-state index is 0.640. The molecule has 0 fully saturated rings. The number of nitrogens with zero attached hydrogens (tertiary/aromatic N) is 3.